The molecular weight excluding hydrogens is 376 g/mol. The molecule has 0 radical (unpaired) electrons. The highest BCUT2D eigenvalue weighted by atomic mass is 16.5. The number of benzene rings is 3. The molecule has 4 heteroatoms. The third kappa shape index (κ3) is 5.61. The van der Waals surface area contributed by atoms with Gasteiger partial charge in [-0.05, 0) is 42.3 Å². The predicted molar refractivity (Wildman–Crippen MR) is 121 cm³/mol. The molecule has 0 saturated carbocycles. The van der Waals surface area contributed by atoms with Gasteiger partial charge in [0.05, 0.1) is 14.2 Å². The van der Waals surface area contributed by atoms with E-state index in [0.717, 1.165) is 22.3 Å². The highest BCUT2D eigenvalue weighted by molar-refractivity contribution is 5.91. The molecule has 3 aromatic carbocycles. The first-order valence-corrected chi connectivity index (χ1v) is 9.55. The van der Waals surface area contributed by atoms with Crippen molar-refractivity contribution in [1.29, 1.82) is 0 Å². The van der Waals surface area contributed by atoms with Crippen molar-refractivity contribution in [2.45, 2.75) is 6.92 Å². The van der Waals surface area contributed by atoms with E-state index >= 15 is 0 Å². The lowest BCUT2D eigenvalue weighted by Crippen LogP contribution is -2.03. The quantitative estimate of drug-likeness (QED) is 0.218. The summed E-state index contributed by atoms with van der Waals surface area (Å²) in [4.78, 5) is 12.3. The molecule has 0 atom stereocenters. The van der Waals surface area contributed by atoms with Crippen molar-refractivity contribution in [3.63, 3.8) is 0 Å². The predicted octanol–water partition coefficient (Wildman–Crippen LogP) is 5.80. The minimum Gasteiger partial charge on any atom is -0.497 e. The van der Waals surface area contributed by atoms with Crippen LogP contribution in [-0.2, 0) is 4.79 Å². The van der Waals surface area contributed by atoms with Crippen molar-refractivity contribution in [2.75, 3.05) is 14.2 Å². The molecule has 0 aliphatic rings. The van der Waals surface area contributed by atoms with E-state index < -0.39 is 5.97 Å². The molecule has 0 aromatic heterocycles. The van der Waals surface area contributed by atoms with E-state index in [1.54, 1.807) is 38.5 Å². The molecule has 0 spiro atoms. The normalized spacial score (nSPS) is 11.0. The first kappa shape index (κ1) is 20.9. The fourth-order valence-electron chi connectivity index (χ4n) is 2.88. The van der Waals surface area contributed by atoms with Crippen LogP contribution in [0.5, 0.6) is 17.2 Å². The number of hydrogen-bond acceptors (Lipinski definition) is 4. The van der Waals surface area contributed by atoms with E-state index in [1.165, 1.54) is 6.08 Å². The fraction of sp³-hybridized carbons (Fsp3) is 0.115. The van der Waals surface area contributed by atoms with Crippen LogP contribution < -0.4 is 14.2 Å². The number of carbonyl (C=O) groups excluding carboxylic acids is 1. The van der Waals surface area contributed by atoms with Gasteiger partial charge in [-0.1, -0.05) is 60.2 Å². The van der Waals surface area contributed by atoms with Crippen LogP contribution in [0.25, 0.3) is 18.2 Å². The van der Waals surface area contributed by atoms with Crippen molar-refractivity contribution >= 4 is 24.2 Å². The molecule has 0 aliphatic heterocycles. The molecular formula is C26H24O4. The van der Waals surface area contributed by atoms with Crippen LogP contribution in [0.1, 0.15) is 22.3 Å². The summed E-state index contributed by atoms with van der Waals surface area (Å²) in [5, 5.41) is 0. The molecule has 30 heavy (non-hydrogen) atoms. The number of methoxy groups -OCH3 is 2. The van der Waals surface area contributed by atoms with E-state index in [2.05, 4.69) is 0 Å². The van der Waals surface area contributed by atoms with Gasteiger partial charge in [-0.25, -0.2) is 4.79 Å². The standard InChI is InChI=1S/C26H24O4/c1-19-9-13-22(14-10-19)30-26(27)16-15-24-21(12-11-20-7-5-4-6-8-20)17-23(28-2)18-25(24)29-3/h4-18H,1-3H3/b12-11+,16-15+. The van der Waals surface area contributed by atoms with Crippen molar-refractivity contribution in [3.05, 3.63) is 95.1 Å². The van der Waals surface area contributed by atoms with Gasteiger partial charge >= 0.3 is 5.97 Å². The number of ether oxygens (including phenoxy) is 3. The molecule has 0 fully saturated rings. The SMILES string of the molecule is COc1cc(/C=C/c2ccccc2)c(/C=C/C(=O)Oc2ccc(C)cc2)c(OC)c1. The Bertz CT molecular complexity index is 1050. The maximum absolute atomic E-state index is 12.3. The molecule has 3 rings (SSSR count). The summed E-state index contributed by atoms with van der Waals surface area (Å²) in [7, 11) is 3.19. The summed E-state index contributed by atoms with van der Waals surface area (Å²) in [5.41, 5.74) is 3.77. The second-order valence-electron chi connectivity index (χ2n) is 6.64. The van der Waals surface area contributed by atoms with Gasteiger partial charge in [0, 0.05) is 17.7 Å². The van der Waals surface area contributed by atoms with E-state index in [1.807, 2.05) is 67.6 Å². The number of hydrogen-bond donors (Lipinski definition) is 0. The summed E-state index contributed by atoms with van der Waals surface area (Å²) in [6, 6.07) is 21.0. The zero-order chi connectivity index (χ0) is 21.3. The maximum atomic E-state index is 12.3. The number of rotatable bonds is 7. The van der Waals surface area contributed by atoms with E-state index in [-0.39, 0.29) is 0 Å². The molecule has 0 unspecified atom stereocenters. The Hall–Kier alpha value is -3.79. The van der Waals surface area contributed by atoms with Gasteiger partial charge in [-0.3, -0.25) is 0 Å². The second kappa shape index (κ2) is 10.1. The maximum Gasteiger partial charge on any atom is 0.336 e. The summed E-state index contributed by atoms with van der Waals surface area (Å²) in [6.07, 6.45) is 7.05. The molecule has 0 bridgehead atoms. The molecule has 0 saturated heterocycles. The fourth-order valence-corrected chi connectivity index (χ4v) is 2.88. The molecule has 0 aliphatic carbocycles. The Labute approximate surface area is 177 Å². The smallest absolute Gasteiger partial charge is 0.336 e. The number of aryl methyl sites for hydroxylation is 1. The Morgan fingerprint density at radius 1 is 0.800 bits per heavy atom. The van der Waals surface area contributed by atoms with Gasteiger partial charge in [0.25, 0.3) is 0 Å². The first-order chi connectivity index (χ1) is 14.6. The van der Waals surface area contributed by atoms with Gasteiger partial charge in [0.1, 0.15) is 17.2 Å². The Balaban J connectivity index is 1.89. The van der Waals surface area contributed by atoms with Gasteiger partial charge in [0.2, 0.25) is 0 Å². The highest BCUT2D eigenvalue weighted by Gasteiger charge is 2.10. The number of carbonyl (C=O) groups is 1. The molecule has 4 nitrogen and oxygen atoms in total. The van der Waals surface area contributed by atoms with Crippen LogP contribution in [0.2, 0.25) is 0 Å². The van der Waals surface area contributed by atoms with Crippen LogP contribution in [-0.4, -0.2) is 20.2 Å². The van der Waals surface area contributed by atoms with Gasteiger partial charge < -0.3 is 14.2 Å². The summed E-state index contributed by atoms with van der Waals surface area (Å²) < 4.78 is 16.3. The lowest BCUT2D eigenvalue weighted by molar-refractivity contribution is -0.128. The molecule has 152 valence electrons. The van der Waals surface area contributed by atoms with E-state index in [4.69, 9.17) is 14.2 Å². The Kier molecular flexibility index (Phi) is 7.06. The first-order valence-electron chi connectivity index (χ1n) is 9.55. The highest BCUT2D eigenvalue weighted by Crippen LogP contribution is 2.31. The molecule has 0 amide bonds. The van der Waals surface area contributed by atoms with Crippen LogP contribution in [0.3, 0.4) is 0 Å². The monoisotopic (exact) mass is 400 g/mol. The zero-order valence-electron chi connectivity index (χ0n) is 17.3. The minimum absolute atomic E-state index is 0.463. The third-order valence-corrected chi connectivity index (χ3v) is 4.48. The average molecular weight is 400 g/mol. The Morgan fingerprint density at radius 2 is 1.53 bits per heavy atom. The topological polar surface area (TPSA) is 44.8 Å². The van der Waals surface area contributed by atoms with Crippen molar-refractivity contribution in [3.8, 4) is 17.2 Å². The van der Waals surface area contributed by atoms with Crippen LogP contribution in [0.4, 0.5) is 0 Å². The van der Waals surface area contributed by atoms with Crippen LogP contribution >= 0.6 is 0 Å². The van der Waals surface area contributed by atoms with Crippen LogP contribution in [0, 0.1) is 6.92 Å². The van der Waals surface area contributed by atoms with Gasteiger partial charge in [0.15, 0.2) is 0 Å². The number of esters is 1. The second-order valence-corrected chi connectivity index (χ2v) is 6.64. The summed E-state index contributed by atoms with van der Waals surface area (Å²) >= 11 is 0. The molecule has 0 heterocycles. The zero-order valence-corrected chi connectivity index (χ0v) is 17.3. The lowest BCUT2D eigenvalue weighted by atomic mass is 10.0. The lowest BCUT2D eigenvalue weighted by Gasteiger charge is -2.11. The van der Waals surface area contributed by atoms with Crippen molar-refractivity contribution < 1.29 is 19.0 Å². The van der Waals surface area contributed by atoms with E-state index in [9.17, 15) is 4.79 Å². The van der Waals surface area contributed by atoms with Crippen molar-refractivity contribution in [2.24, 2.45) is 0 Å². The average Bonchev–Trinajstić information content (AvgIpc) is 2.78. The minimum atomic E-state index is -0.463. The van der Waals surface area contributed by atoms with Crippen molar-refractivity contribution in [1.82, 2.24) is 0 Å². The molecule has 3 aromatic rings. The largest absolute Gasteiger partial charge is 0.497 e. The van der Waals surface area contributed by atoms with Crippen LogP contribution in [0.15, 0.2) is 72.8 Å². The van der Waals surface area contributed by atoms with Gasteiger partial charge in [-0.15, -0.1) is 0 Å². The van der Waals surface area contributed by atoms with Gasteiger partial charge in [-0.2, -0.15) is 0 Å². The molecule has 0 N–H and O–H groups in total. The third-order valence-electron chi connectivity index (χ3n) is 4.48. The summed E-state index contributed by atoms with van der Waals surface area (Å²) in [5.74, 6) is 1.30. The summed E-state index contributed by atoms with van der Waals surface area (Å²) in [6.45, 7) is 1.98. The van der Waals surface area contributed by atoms with E-state index in [0.29, 0.717) is 17.2 Å². The Morgan fingerprint density at radius 3 is 2.20 bits per heavy atom.